The Labute approximate surface area is 176 Å². The Bertz CT molecular complexity index is 1080. The van der Waals surface area contributed by atoms with Crippen LogP contribution in [0.15, 0.2) is 48.8 Å². The van der Waals surface area contributed by atoms with Gasteiger partial charge in [-0.15, -0.1) is 0 Å². The average Bonchev–Trinajstić information content (AvgIpc) is 2.70. The fourth-order valence-corrected chi connectivity index (χ4v) is 3.04. The monoisotopic (exact) mass is 429 g/mol. The summed E-state index contributed by atoms with van der Waals surface area (Å²) in [6, 6.07) is 11.2. The van der Waals surface area contributed by atoms with E-state index < -0.39 is 11.7 Å². The molecule has 0 radical (unpaired) electrons. The van der Waals surface area contributed by atoms with Crippen molar-refractivity contribution < 1.29 is 18.7 Å². The molecule has 1 aliphatic heterocycles. The van der Waals surface area contributed by atoms with E-state index in [0.717, 1.165) is 5.56 Å². The quantitative estimate of drug-likeness (QED) is 0.615. The molecule has 8 nitrogen and oxygen atoms in total. The number of halogens is 2. The van der Waals surface area contributed by atoms with E-state index in [9.17, 15) is 9.18 Å². The zero-order valence-corrected chi connectivity index (χ0v) is 16.4. The minimum Gasteiger partial charge on any atom is -0.484 e. The number of carbonyl (C=O) groups excluding carboxylic acids is 1. The molecule has 1 fully saturated rings. The van der Waals surface area contributed by atoms with Crippen LogP contribution in [0.25, 0.3) is 0 Å². The number of hydrogen-bond donors (Lipinski definition) is 1. The van der Waals surface area contributed by atoms with Crippen molar-refractivity contribution >= 4 is 23.5 Å². The lowest BCUT2D eigenvalue weighted by molar-refractivity contribution is 0.1000. The molecule has 1 aromatic heterocycles. The highest BCUT2D eigenvalue weighted by molar-refractivity contribution is 6.30. The van der Waals surface area contributed by atoms with Crippen molar-refractivity contribution in [3.05, 3.63) is 70.8 Å². The molecule has 30 heavy (non-hydrogen) atoms. The first-order valence-corrected chi connectivity index (χ1v) is 9.43. The van der Waals surface area contributed by atoms with E-state index in [4.69, 9.17) is 26.8 Å². The fourth-order valence-electron chi connectivity index (χ4n) is 2.88. The summed E-state index contributed by atoms with van der Waals surface area (Å²) >= 11 is 5.75. The molecule has 2 aromatic carbocycles. The number of rotatable bonds is 7. The zero-order valence-electron chi connectivity index (χ0n) is 15.7. The van der Waals surface area contributed by atoms with Gasteiger partial charge in [0.2, 0.25) is 11.9 Å². The fraction of sp³-hybridized carbons (Fsp3) is 0.200. The molecule has 1 saturated heterocycles. The largest absolute Gasteiger partial charge is 0.484 e. The molecule has 3 aromatic rings. The number of benzene rings is 2. The SMILES string of the molecule is NC(=O)c1cccc(COc2ncnc(N3CC(Oc4ccc(Cl)cc4F)C3)n2)c1. The number of nitrogens with zero attached hydrogens (tertiary/aromatic N) is 4. The van der Waals surface area contributed by atoms with Crippen LogP contribution in [0, 0.1) is 5.82 Å². The zero-order chi connectivity index (χ0) is 21.1. The molecular formula is C20H17ClFN5O3. The molecule has 2 heterocycles. The third-order valence-electron chi connectivity index (χ3n) is 4.43. The molecule has 1 aliphatic rings. The Hall–Kier alpha value is -3.46. The number of aromatic nitrogens is 3. The molecule has 0 atom stereocenters. The van der Waals surface area contributed by atoms with Gasteiger partial charge in [0.05, 0.1) is 13.1 Å². The number of hydrogen-bond acceptors (Lipinski definition) is 7. The van der Waals surface area contributed by atoms with Crippen molar-refractivity contribution in [2.45, 2.75) is 12.7 Å². The first-order valence-electron chi connectivity index (χ1n) is 9.05. The summed E-state index contributed by atoms with van der Waals surface area (Å²) in [7, 11) is 0. The van der Waals surface area contributed by atoms with Crippen molar-refractivity contribution in [3.8, 4) is 11.8 Å². The minimum absolute atomic E-state index is 0.151. The lowest BCUT2D eigenvalue weighted by Crippen LogP contribution is -2.54. The predicted molar refractivity (Wildman–Crippen MR) is 107 cm³/mol. The Morgan fingerprint density at radius 2 is 2.07 bits per heavy atom. The molecule has 4 rings (SSSR count). The maximum absolute atomic E-state index is 13.8. The standard InChI is InChI=1S/C20H17ClFN5O3/c21-14-4-5-17(16(22)7-14)30-15-8-27(9-15)19-24-11-25-20(26-19)29-10-12-2-1-3-13(6-12)18(23)28/h1-7,11,15H,8-10H2,(H2,23,28). The summed E-state index contributed by atoms with van der Waals surface area (Å²) in [5.74, 6) is -0.422. The van der Waals surface area contributed by atoms with Crippen LogP contribution in [-0.4, -0.2) is 40.1 Å². The van der Waals surface area contributed by atoms with Gasteiger partial charge < -0.3 is 20.1 Å². The molecule has 1 amide bonds. The van der Waals surface area contributed by atoms with E-state index in [-0.39, 0.29) is 24.5 Å². The molecule has 10 heteroatoms. The molecular weight excluding hydrogens is 413 g/mol. The van der Waals surface area contributed by atoms with Crippen LogP contribution in [-0.2, 0) is 6.61 Å². The van der Waals surface area contributed by atoms with Gasteiger partial charge in [-0.05, 0) is 35.9 Å². The van der Waals surface area contributed by atoms with Crippen molar-refractivity contribution in [3.63, 3.8) is 0 Å². The number of primary amides is 1. The van der Waals surface area contributed by atoms with Crippen LogP contribution in [0.1, 0.15) is 15.9 Å². The smallest absolute Gasteiger partial charge is 0.321 e. The van der Waals surface area contributed by atoms with Gasteiger partial charge in [0, 0.05) is 10.6 Å². The summed E-state index contributed by atoms with van der Waals surface area (Å²) in [5.41, 5.74) is 6.44. The molecule has 0 spiro atoms. The third kappa shape index (κ3) is 4.57. The second-order valence-electron chi connectivity index (χ2n) is 6.64. The summed E-state index contributed by atoms with van der Waals surface area (Å²) in [6.45, 7) is 1.16. The number of anilines is 1. The van der Waals surface area contributed by atoms with Crippen molar-refractivity contribution in [1.29, 1.82) is 0 Å². The molecule has 154 valence electrons. The lowest BCUT2D eigenvalue weighted by atomic mass is 10.1. The van der Waals surface area contributed by atoms with Gasteiger partial charge in [0.1, 0.15) is 19.0 Å². The van der Waals surface area contributed by atoms with Gasteiger partial charge in [-0.3, -0.25) is 4.79 Å². The third-order valence-corrected chi connectivity index (χ3v) is 4.67. The highest BCUT2D eigenvalue weighted by Gasteiger charge is 2.31. The van der Waals surface area contributed by atoms with Crippen LogP contribution in [0.5, 0.6) is 11.8 Å². The van der Waals surface area contributed by atoms with Gasteiger partial charge >= 0.3 is 6.01 Å². The normalized spacial score (nSPS) is 13.6. The van der Waals surface area contributed by atoms with Crippen LogP contribution < -0.4 is 20.1 Å². The number of carbonyl (C=O) groups is 1. The van der Waals surface area contributed by atoms with Gasteiger partial charge in [0.15, 0.2) is 11.6 Å². The van der Waals surface area contributed by atoms with E-state index in [1.54, 1.807) is 24.3 Å². The van der Waals surface area contributed by atoms with Crippen molar-refractivity contribution in [2.24, 2.45) is 5.73 Å². The number of nitrogens with two attached hydrogens (primary N) is 1. The average molecular weight is 430 g/mol. The highest BCUT2D eigenvalue weighted by atomic mass is 35.5. The number of ether oxygens (including phenoxy) is 2. The van der Waals surface area contributed by atoms with Crippen LogP contribution in [0.4, 0.5) is 10.3 Å². The van der Waals surface area contributed by atoms with Gasteiger partial charge in [-0.25, -0.2) is 9.37 Å². The summed E-state index contributed by atoms with van der Waals surface area (Å²) in [4.78, 5) is 25.6. The topological polar surface area (TPSA) is 103 Å². The Balaban J connectivity index is 1.33. The van der Waals surface area contributed by atoms with E-state index >= 15 is 0 Å². The lowest BCUT2D eigenvalue weighted by Gasteiger charge is -2.38. The summed E-state index contributed by atoms with van der Waals surface area (Å²) in [6.07, 6.45) is 1.16. The summed E-state index contributed by atoms with van der Waals surface area (Å²) < 4.78 is 25.1. The Kier molecular flexibility index (Phi) is 5.62. The van der Waals surface area contributed by atoms with Gasteiger partial charge in [0.25, 0.3) is 0 Å². The summed E-state index contributed by atoms with van der Waals surface area (Å²) in [5, 5.41) is 0.314. The van der Waals surface area contributed by atoms with Gasteiger partial charge in [-0.1, -0.05) is 23.7 Å². The molecule has 0 saturated carbocycles. The van der Waals surface area contributed by atoms with E-state index in [1.165, 1.54) is 18.5 Å². The first-order chi connectivity index (χ1) is 14.5. The van der Waals surface area contributed by atoms with Crippen LogP contribution >= 0.6 is 11.6 Å². The van der Waals surface area contributed by atoms with E-state index in [2.05, 4.69) is 15.0 Å². The van der Waals surface area contributed by atoms with E-state index in [1.807, 2.05) is 11.0 Å². The molecule has 2 N–H and O–H groups in total. The van der Waals surface area contributed by atoms with Crippen LogP contribution in [0.3, 0.4) is 0 Å². The van der Waals surface area contributed by atoms with Crippen LogP contribution in [0.2, 0.25) is 5.02 Å². The second kappa shape index (κ2) is 8.50. The maximum atomic E-state index is 13.8. The Morgan fingerprint density at radius 3 is 2.83 bits per heavy atom. The van der Waals surface area contributed by atoms with Crippen molar-refractivity contribution in [1.82, 2.24) is 15.0 Å². The predicted octanol–water partition coefficient (Wildman–Crippen LogP) is 2.61. The van der Waals surface area contributed by atoms with Crippen molar-refractivity contribution in [2.75, 3.05) is 18.0 Å². The minimum atomic E-state index is -0.507. The van der Waals surface area contributed by atoms with E-state index in [0.29, 0.717) is 29.6 Å². The molecule has 0 aliphatic carbocycles. The van der Waals surface area contributed by atoms with Gasteiger partial charge in [-0.2, -0.15) is 9.97 Å². The second-order valence-corrected chi connectivity index (χ2v) is 7.08. The molecule has 0 unspecified atom stereocenters. The molecule has 0 bridgehead atoms. The Morgan fingerprint density at radius 1 is 1.23 bits per heavy atom. The number of amides is 1. The maximum Gasteiger partial charge on any atom is 0.321 e. The highest BCUT2D eigenvalue weighted by Crippen LogP contribution is 2.26. The first kappa shape index (κ1) is 19.8.